The molecular formula is C14H18N2O2S. The summed E-state index contributed by atoms with van der Waals surface area (Å²) in [6, 6.07) is 8.91. The summed E-state index contributed by atoms with van der Waals surface area (Å²) in [6.07, 6.45) is 3.20. The van der Waals surface area contributed by atoms with Crippen LogP contribution in [0.2, 0.25) is 0 Å². The SMILES string of the molecule is Cc1ccc(S(=O)(=O)N[C@@H]2CCC[C@H](C#N)C2)cc1. The predicted molar refractivity (Wildman–Crippen MR) is 72.9 cm³/mol. The van der Waals surface area contributed by atoms with Gasteiger partial charge in [0.2, 0.25) is 10.0 Å². The normalized spacial score (nSPS) is 23.8. The minimum atomic E-state index is -3.47. The van der Waals surface area contributed by atoms with Crippen LogP contribution < -0.4 is 4.72 Å². The molecule has 1 saturated carbocycles. The largest absolute Gasteiger partial charge is 0.240 e. The Morgan fingerprint density at radius 2 is 1.95 bits per heavy atom. The summed E-state index contributed by atoms with van der Waals surface area (Å²) in [4.78, 5) is 0.289. The number of sulfonamides is 1. The molecule has 2 rings (SSSR count). The van der Waals surface area contributed by atoms with Crippen LogP contribution in [-0.4, -0.2) is 14.5 Å². The monoisotopic (exact) mass is 278 g/mol. The van der Waals surface area contributed by atoms with E-state index < -0.39 is 10.0 Å². The van der Waals surface area contributed by atoms with E-state index in [9.17, 15) is 8.42 Å². The van der Waals surface area contributed by atoms with E-state index >= 15 is 0 Å². The van der Waals surface area contributed by atoms with Crippen LogP contribution in [0.25, 0.3) is 0 Å². The summed E-state index contributed by atoms with van der Waals surface area (Å²) in [5.41, 5.74) is 1.03. The molecule has 0 bridgehead atoms. The Morgan fingerprint density at radius 1 is 1.26 bits per heavy atom. The minimum Gasteiger partial charge on any atom is -0.208 e. The maximum Gasteiger partial charge on any atom is 0.240 e. The number of nitriles is 1. The highest BCUT2D eigenvalue weighted by Crippen LogP contribution is 2.25. The summed E-state index contributed by atoms with van der Waals surface area (Å²) in [5.74, 6) is -0.0283. The highest BCUT2D eigenvalue weighted by Gasteiger charge is 2.26. The predicted octanol–water partition coefficient (Wildman–Crippen LogP) is 2.36. The molecule has 4 nitrogen and oxygen atoms in total. The average molecular weight is 278 g/mol. The summed E-state index contributed by atoms with van der Waals surface area (Å²) >= 11 is 0. The maximum absolute atomic E-state index is 12.2. The van der Waals surface area contributed by atoms with Crippen molar-refractivity contribution >= 4 is 10.0 Å². The third-order valence-corrected chi connectivity index (χ3v) is 5.05. The van der Waals surface area contributed by atoms with Gasteiger partial charge in [0, 0.05) is 12.0 Å². The number of nitrogens with zero attached hydrogens (tertiary/aromatic N) is 1. The van der Waals surface area contributed by atoms with Crippen LogP contribution in [0.3, 0.4) is 0 Å². The van der Waals surface area contributed by atoms with Crippen LogP contribution in [0.4, 0.5) is 0 Å². The molecule has 0 unspecified atom stereocenters. The van der Waals surface area contributed by atoms with E-state index in [-0.39, 0.29) is 16.9 Å². The molecular weight excluding hydrogens is 260 g/mol. The van der Waals surface area contributed by atoms with Crippen molar-refractivity contribution in [2.45, 2.75) is 43.5 Å². The molecule has 19 heavy (non-hydrogen) atoms. The fourth-order valence-electron chi connectivity index (χ4n) is 2.42. The third-order valence-electron chi connectivity index (χ3n) is 3.51. The molecule has 0 saturated heterocycles. The lowest BCUT2D eigenvalue weighted by Gasteiger charge is -2.25. The Labute approximate surface area is 114 Å². The third kappa shape index (κ3) is 3.55. The second-order valence-corrected chi connectivity index (χ2v) is 6.84. The second-order valence-electron chi connectivity index (χ2n) is 5.12. The number of benzene rings is 1. The standard InChI is InChI=1S/C14H18N2O2S/c1-11-5-7-14(8-6-11)19(17,18)16-13-4-2-3-12(9-13)10-15/h5-8,12-13,16H,2-4,9H2,1H3/t12-,13+/m0/s1. The quantitative estimate of drug-likeness (QED) is 0.922. The van der Waals surface area contributed by atoms with Gasteiger partial charge in [0.1, 0.15) is 0 Å². The Kier molecular flexibility index (Phi) is 4.23. The fourth-order valence-corrected chi connectivity index (χ4v) is 3.70. The van der Waals surface area contributed by atoms with Crippen molar-refractivity contribution in [2.24, 2.45) is 5.92 Å². The van der Waals surface area contributed by atoms with Crippen molar-refractivity contribution in [3.05, 3.63) is 29.8 Å². The zero-order valence-electron chi connectivity index (χ0n) is 11.0. The van der Waals surface area contributed by atoms with Crippen LogP contribution in [0.1, 0.15) is 31.2 Å². The van der Waals surface area contributed by atoms with E-state index in [0.29, 0.717) is 6.42 Å². The summed E-state index contributed by atoms with van der Waals surface area (Å²) < 4.78 is 27.1. The van der Waals surface area contributed by atoms with Gasteiger partial charge in [-0.3, -0.25) is 0 Å². The van der Waals surface area contributed by atoms with Crippen molar-refractivity contribution in [2.75, 3.05) is 0 Å². The Balaban J connectivity index is 2.09. The Morgan fingerprint density at radius 3 is 2.58 bits per heavy atom. The summed E-state index contributed by atoms with van der Waals surface area (Å²) in [5, 5.41) is 8.93. The minimum absolute atomic E-state index is 0.0283. The molecule has 0 radical (unpaired) electrons. The molecule has 1 fully saturated rings. The van der Waals surface area contributed by atoms with Crippen molar-refractivity contribution in [3.63, 3.8) is 0 Å². The fraction of sp³-hybridized carbons (Fsp3) is 0.500. The van der Waals surface area contributed by atoms with Crippen molar-refractivity contribution in [1.82, 2.24) is 4.72 Å². The van der Waals surface area contributed by atoms with Crippen molar-refractivity contribution in [3.8, 4) is 6.07 Å². The molecule has 1 aromatic rings. The van der Waals surface area contributed by atoms with E-state index in [1.807, 2.05) is 6.92 Å². The van der Waals surface area contributed by atoms with Crippen molar-refractivity contribution in [1.29, 1.82) is 5.26 Å². The number of nitrogens with one attached hydrogen (secondary N) is 1. The first kappa shape index (κ1) is 14.0. The van der Waals surface area contributed by atoms with Gasteiger partial charge in [-0.1, -0.05) is 24.1 Å². The van der Waals surface area contributed by atoms with Crippen LogP contribution >= 0.6 is 0 Å². The number of aryl methyl sites for hydroxylation is 1. The maximum atomic E-state index is 12.2. The highest BCUT2D eigenvalue weighted by atomic mass is 32.2. The Hall–Kier alpha value is -1.38. The van der Waals surface area contributed by atoms with E-state index in [1.165, 1.54) is 0 Å². The number of hydrogen-bond acceptors (Lipinski definition) is 3. The number of hydrogen-bond donors (Lipinski definition) is 1. The van der Waals surface area contributed by atoms with Crippen LogP contribution in [-0.2, 0) is 10.0 Å². The molecule has 0 spiro atoms. The van der Waals surface area contributed by atoms with Gasteiger partial charge in [-0.05, 0) is 38.3 Å². The molecule has 5 heteroatoms. The molecule has 0 aliphatic heterocycles. The van der Waals surface area contributed by atoms with Crippen LogP contribution in [0.5, 0.6) is 0 Å². The van der Waals surface area contributed by atoms with Gasteiger partial charge in [0.15, 0.2) is 0 Å². The first-order valence-electron chi connectivity index (χ1n) is 6.50. The van der Waals surface area contributed by atoms with E-state index in [1.54, 1.807) is 24.3 Å². The van der Waals surface area contributed by atoms with Crippen molar-refractivity contribution < 1.29 is 8.42 Å². The molecule has 0 aromatic heterocycles. The molecule has 1 aliphatic carbocycles. The zero-order valence-corrected chi connectivity index (χ0v) is 11.8. The number of rotatable bonds is 3. The second kappa shape index (κ2) is 5.72. The van der Waals surface area contributed by atoms with E-state index in [4.69, 9.17) is 5.26 Å². The van der Waals surface area contributed by atoms with Gasteiger partial charge in [-0.25, -0.2) is 13.1 Å². The van der Waals surface area contributed by atoms with E-state index in [0.717, 1.165) is 24.8 Å². The smallest absolute Gasteiger partial charge is 0.208 e. The van der Waals surface area contributed by atoms with Gasteiger partial charge in [0.05, 0.1) is 11.0 Å². The average Bonchev–Trinajstić information content (AvgIpc) is 2.39. The van der Waals surface area contributed by atoms with Crippen LogP contribution in [0, 0.1) is 24.2 Å². The molecule has 2 atom stereocenters. The lowest BCUT2D eigenvalue weighted by molar-refractivity contribution is 0.358. The van der Waals surface area contributed by atoms with Crippen LogP contribution in [0.15, 0.2) is 29.2 Å². The molecule has 1 aliphatic rings. The highest BCUT2D eigenvalue weighted by molar-refractivity contribution is 7.89. The molecule has 0 amide bonds. The van der Waals surface area contributed by atoms with Gasteiger partial charge in [-0.2, -0.15) is 5.26 Å². The molecule has 1 N–H and O–H groups in total. The molecule has 102 valence electrons. The summed E-state index contributed by atoms with van der Waals surface area (Å²) in [7, 11) is -3.47. The van der Waals surface area contributed by atoms with Gasteiger partial charge in [-0.15, -0.1) is 0 Å². The summed E-state index contributed by atoms with van der Waals surface area (Å²) in [6.45, 7) is 1.92. The van der Waals surface area contributed by atoms with Gasteiger partial charge in [0.25, 0.3) is 0 Å². The first-order chi connectivity index (χ1) is 9.01. The van der Waals surface area contributed by atoms with Gasteiger partial charge < -0.3 is 0 Å². The van der Waals surface area contributed by atoms with E-state index in [2.05, 4.69) is 10.8 Å². The van der Waals surface area contributed by atoms with Gasteiger partial charge >= 0.3 is 0 Å². The molecule has 0 heterocycles. The Bertz CT molecular complexity index is 572. The topological polar surface area (TPSA) is 70.0 Å². The lowest BCUT2D eigenvalue weighted by atomic mass is 9.87. The zero-order chi connectivity index (χ0) is 13.9. The first-order valence-corrected chi connectivity index (χ1v) is 7.98. The molecule has 1 aromatic carbocycles. The lowest BCUT2D eigenvalue weighted by Crippen LogP contribution is -2.38.